The fourth-order valence-corrected chi connectivity index (χ4v) is 4.82. The number of furan rings is 1. The van der Waals surface area contributed by atoms with E-state index in [1.54, 1.807) is 0 Å². The largest absolute Gasteiger partial charge is 0.456 e. The van der Waals surface area contributed by atoms with Gasteiger partial charge in [0.2, 0.25) is 0 Å². The predicted octanol–water partition coefficient (Wildman–Crippen LogP) is 9.55. The summed E-state index contributed by atoms with van der Waals surface area (Å²) in [4.78, 5) is 2.28. The van der Waals surface area contributed by atoms with E-state index >= 15 is 0 Å². The van der Waals surface area contributed by atoms with Gasteiger partial charge in [-0.1, -0.05) is 64.5 Å². The molecular weight excluding hydrogens is 470 g/mol. The number of fused-ring (bicyclic) bond motifs is 3. The van der Waals surface area contributed by atoms with Gasteiger partial charge in [0.15, 0.2) is 0 Å². The molecule has 4 aromatic carbocycles. The number of nitrogens with zero attached hydrogens (tertiary/aromatic N) is 1. The maximum absolute atomic E-state index is 6.18. The Bertz CT molecular complexity index is 1510. The molecule has 5 aromatic rings. The Kier molecular flexibility index (Phi) is 5.12. The van der Waals surface area contributed by atoms with Crippen molar-refractivity contribution in [1.82, 2.24) is 0 Å². The summed E-state index contributed by atoms with van der Waals surface area (Å²) < 4.78 is 7.25. The van der Waals surface area contributed by atoms with Crippen molar-refractivity contribution in [3.63, 3.8) is 0 Å². The Balaban J connectivity index is 1.46. The van der Waals surface area contributed by atoms with Gasteiger partial charge in [-0.05, 0) is 78.6 Å². The first-order valence-corrected chi connectivity index (χ1v) is 12.0. The van der Waals surface area contributed by atoms with Gasteiger partial charge in [0, 0.05) is 38.4 Å². The molecule has 33 heavy (non-hydrogen) atoms. The molecule has 0 aliphatic heterocycles. The smallest absolute Gasteiger partial charge is 0.137 e. The van der Waals surface area contributed by atoms with E-state index in [1.807, 2.05) is 12.1 Å². The first-order chi connectivity index (χ1) is 16.3. The lowest BCUT2D eigenvalue weighted by Gasteiger charge is -2.26. The second kappa shape index (κ2) is 8.42. The van der Waals surface area contributed by atoms with Gasteiger partial charge in [0.25, 0.3) is 0 Å². The van der Waals surface area contributed by atoms with Crippen LogP contribution in [0.4, 0.5) is 17.1 Å². The van der Waals surface area contributed by atoms with Crippen molar-refractivity contribution in [2.24, 2.45) is 0 Å². The molecule has 0 radical (unpaired) electrons. The Morgan fingerprint density at radius 1 is 0.697 bits per heavy atom. The van der Waals surface area contributed by atoms with Crippen LogP contribution in [0.5, 0.6) is 0 Å². The molecule has 0 fully saturated rings. The maximum Gasteiger partial charge on any atom is 0.137 e. The third kappa shape index (κ3) is 3.79. The van der Waals surface area contributed by atoms with Crippen molar-refractivity contribution in [1.29, 1.82) is 0 Å². The predicted molar refractivity (Wildman–Crippen MR) is 142 cm³/mol. The number of halogens is 1. The maximum atomic E-state index is 6.18. The van der Waals surface area contributed by atoms with E-state index in [2.05, 4.69) is 118 Å². The van der Waals surface area contributed by atoms with E-state index in [9.17, 15) is 0 Å². The van der Waals surface area contributed by atoms with Crippen LogP contribution in [-0.4, -0.2) is 0 Å². The molecule has 0 N–H and O–H groups in total. The highest BCUT2D eigenvalue weighted by Gasteiger charge is 2.16. The topological polar surface area (TPSA) is 16.4 Å². The number of hydrogen-bond acceptors (Lipinski definition) is 2. The average molecular weight is 492 g/mol. The Morgan fingerprint density at radius 3 is 2.15 bits per heavy atom. The molecule has 1 aliphatic carbocycles. The van der Waals surface area contributed by atoms with E-state index in [0.717, 1.165) is 56.3 Å². The van der Waals surface area contributed by atoms with Gasteiger partial charge in [-0.3, -0.25) is 0 Å². The van der Waals surface area contributed by atoms with Gasteiger partial charge in [0.05, 0.1) is 0 Å². The minimum atomic E-state index is 0.895. The summed E-state index contributed by atoms with van der Waals surface area (Å²) in [6.07, 6.45) is 8.80. The molecule has 1 heterocycles. The molecule has 0 atom stereocenters. The molecule has 2 nitrogen and oxygen atoms in total. The van der Waals surface area contributed by atoms with E-state index in [4.69, 9.17) is 4.42 Å². The zero-order valence-corrected chi connectivity index (χ0v) is 19.6. The summed E-state index contributed by atoms with van der Waals surface area (Å²) in [5, 5.41) is 2.28. The molecule has 0 amide bonds. The third-order valence-corrected chi connectivity index (χ3v) is 6.74. The van der Waals surface area contributed by atoms with Crippen LogP contribution in [0.15, 0.2) is 118 Å². The highest BCUT2D eigenvalue weighted by molar-refractivity contribution is 9.10. The normalized spacial score (nSPS) is 13.4. The summed E-state index contributed by atoms with van der Waals surface area (Å²) in [5.74, 6) is 0. The Morgan fingerprint density at radius 2 is 1.39 bits per heavy atom. The lowest BCUT2D eigenvalue weighted by molar-refractivity contribution is 0.669. The summed E-state index contributed by atoms with van der Waals surface area (Å²) in [6, 6.07) is 32.0. The number of hydrogen-bond donors (Lipinski definition) is 0. The number of benzene rings is 4. The molecule has 1 aliphatic rings. The van der Waals surface area contributed by atoms with Gasteiger partial charge < -0.3 is 9.32 Å². The van der Waals surface area contributed by atoms with Gasteiger partial charge in [0.1, 0.15) is 11.2 Å². The number of rotatable bonds is 4. The average Bonchev–Trinajstić information content (AvgIpc) is 3.24. The van der Waals surface area contributed by atoms with Gasteiger partial charge in [-0.25, -0.2) is 0 Å². The molecule has 0 unspecified atom stereocenters. The second-order valence-corrected chi connectivity index (χ2v) is 9.21. The van der Waals surface area contributed by atoms with Crippen molar-refractivity contribution < 1.29 is 4.42 Å². The molecule has 3 heteroatoms. The van der Waals surface area contributed by atoms with Crippen LogP contribution >= 0.6 is 15.9 Å². The monoisotopic (exact) mass is 491 g/mol. The van der Waals surface area contributed by atoms with Crippen molar-refractivity contribution in [3.05, 3.63) is 119 Å². The summed E-state index contributed by atoms with van der Waals surface area (Å²) >= 11 is 3.57. The zero-order valence-electron chi connectivity index (χ0n) is 18.0. The standard InChI is InChI=1S/C30H22BrNO/c31-23-12-16-25(17-13-23)32(24-14-10-22(11-15-24)21-6-2-1-3-7-21)26-18-19-28-27-8-4-5-9-29(27)33-30(28)20-26/h1-2,4-6,8-20H,3,7H2. The van der Waals surface area contributed by atoms with Crippen LogP contribution in [0.3, 0.4) is 0 Å². The summed E-state index contributed by atoms with van der Waals surface area (Å²) in [7, 11) is 0. The Hall–Kier alpha value is -3.56. The van der Waals surface area contributed by atoms with Crippen molar-refractivity contribution in [3.8, 4) is 0 Å². The zero-order chi connectivity index (χ0) is 22.2. The van der Waals surface area contributed by atoms with Crippen LogP contribution in [-0.2, 0) is 0 Å². The third-order valence-electron chi connectivity index (χ3n) is 6.22. The lowest BCUT2D eigenvalue weighted by Crippen LogP contribution is -2.09. The summed E-state index contributed by atoms with van der Waals surface area (Å²) in [6.45, 7) is 0. The van der Waals surface area contributed by atoms with Crippen LogP contribution in [0.2, 0.25) is 0 Å². The molecule has 0 saturated heterocycles. The highest BCUT2D eigenvalue weighted by atomic mass is 79.9. The van der Waals surface area contributed by atoms with Crippen LogP contribution < -0.4 is 4.90 Å². The first kappa shape index (κ1) is 20.1. The van der Waals surface area contributed by atoms with Crippen LogP contribution in [0, 0.1) is 0 Å². The van der Waals surface area contributed by atoms with Gasteiger partial charge in [-0.15, -0.1) is 0 Å². The van der Waals surface area contributed by atoms with Crippen LogP contribution in [0.25, 0.3) is 27.5 Å². The molecule has 0 saturated carbocycles. The van der Waals surface area contributed by atoms with E-state index in [0.29, 0.717) is 0 Å². The molecule has 6 rings (SSSR count). The van der Waals surface area contributed by atoms with E-state index in [-0.39, 0.29) is 0 Å². The number of anilines is 3. The molecule has 160 valence electrons. The molecule has 1 aromatic heterocycles. The molecule has 0 spiro atoms. The molecular formula is C30H22BrNO. The highest BCUT2D eigenvalue weighted by Crippen LogP contribution is 2.39. The lowest BCUT2D eigenvalue weighted by atomic mass is 9.97. The number of para-hydroxylation sites is 1. The minimum Gasteiger partial charge on any atom is -0.456 e. The van der Waals surface area contributed by atoms with Gasteiger partial charge >= 0.3 is 0 Å². The minimum absolute atomic E-state index is 0.895. The second-order valence-electron chi connectivity index (χ2n) is 8.30. The Labute approximate surface area is 201 Å². The quantitative estimate of drug-likeness (QED) is 0.248. The summed E-state index contributed by atoms with van der Waals surface area (Å²) in [5.41, 5.74) is 7.77. The fourth-order valence-electron chi connectivity index (χ4n) is 4.56. The number of allylic oxidation sites excluding steroid dienone is 4. The fraction of sp³-hybridized carbons (Fsp3) is 0.0667. The molecule has 0 bridgehead atoms. The SMILES string of the molecule is Brc1ccc(N(c2ccc(C3=CC=CCC3)cc2)c2ccc3c(c2)oc2ccccc23)cc1. The van der Waals surface area contributed by atoms with E-state index < -0.39 is 0 Å². The van der Waals surface area contributed by atoms with E-state index in [1.165, 1.54) is 11.1 Å². The van der Waals surface area contributed by atoms with Crippen LogP contribution in [0.1, 0.15) is 18.4 Å². The van der Waals surface area contributed by atoms with Crippen molar-refractivity contribution in [2.75, 3.05) is 4.90 Å². The van der Waals surface area contributed by atoms with Crippen molar-refractivity contribution >= 4 is 60.5 Å². The first-order valence-electron chi connectivity index (χ1n) is 11.2. The van der Waals surface area contributed by atoms with Crippen molar-refractivity contribution in [2.45, 2.75) is 12.8 Å². The van der Waals surface area contributed by atoms with Gasteiger partial charge in [-0.2, -0.15) is 0 Å².